The van der Waals surface area contributed by atoms with Crippen LogP contribution in [0.1, 0.15) is 10.6 Å². The number of hydrogen-bond donors (Lipinski definition) is 1. The van der Waals surface area contributed by atoms with Gasteiger partial charge in [-0.25, -0.2) is 13.6 Å². The highest BCUT2D eigenvalue weighted by atomic mass is 19.1. The van der Waals surface area contributed by atoms with E-state index in [2.05, 4.69) is 5.32 Å². The van der Waals surface area contributed by atoms with E-state index in [0.29, 0.717) is 5.58 Å². The van der Waals surface area contributed by atoms with Crippen molar-refractivity contribution in [3.63, 3.8) is 0 Å². The molecule has 1 aromatic heterocycles. The summed E-state index contributed by atoms with van der Waals surface area (Å²) >= 11 is 0. The minimum Gasteiger partial charge on any atom is -0.450 e. The van der Waals surface area contributed by atoms with Gasteiger partial charge in [0.1, 0.15) is 17.2 Å². The van der Waals surface area contributed by atoms with Crippen molar-refractivity contribution in [2.24, 2.45) is 0 Å². The van der Waals surface area contributed by atoms with Crippen LogP contribution in [0.5, 0.6) is 0 Å². The van der Waals surface area contributed by atoms with Crippen LogP contribution in [0.25, 0.3) is 11.0 Å². The second-order valence-corrected chi connectivity index (χ2v) is 4.90. The van der Waals surface area contributed by atoms with Gasteiger partial charge in [0.25, 0.3) is 5.91 Å². The Morgan fingerprint density at radius 3 is 2.67 bits per heavy atom. The molecule has 5 nitrogen and oxygen atoms in total. The molecule has 1 heterocycles. The van der Waals surface area contributed by atoms with E-state index >= 15 is 0 Å². The first kappa shape index (κ1) is 15.7. The fourth-order valence-electron chi connectivity index (χ4n) is 2.06. The van der Waals surface area contributed by atoms with E-state index in [-0.39, 0.29) is 11.4 Å². The van der Waals surface area contributed by atoms with Crippen LogP contribution in [0.3, 0.4) is 0 Å². The summed E-state index contributed by atoms with van der Waals surface area (Å²) in [5.74, 6) is -3.19. The summed E-state index contributed by atoms with van der Waals surface area (Å²) in [5, 5.41) is 2.84. The molecule has 0 saturated carbocycles. The molecular weight excluding hydrogens is 320 g/mol. The maximum Gasteiger partial charge on any atom is 0.374 e. The molecule has 3 aromatic rings. The number of para-hydroxylation sites is 1. The summed E-state index contributed by atoms with van der Waals surface area (Å²) in [6.45, 7) is -0.661. The smallest absolute Gasteiger partial charge is 0.374 e. The number of carbonyl (C=O) groups is 2. The molecule has 0 aliphatic rings. The molecular formula is C17H11F2NO4. The molecule has 0 radical (unpaired) electrons. The molecule has 2 aromatic carbocycles. The monoisotopic (exact) mass is 331 g/mol. The first-order valence-electron chi connectivity index (χ1n) is 6.93. The van der Waals surface area contributed by atoms with Gasteiger partial charge in [-0.05, 0) is 24.3 Å². The van der Waals surface area contributed by atoms with Gasteiger partial charge in [0.15, 0.2) is 6.61 Å². The van der Waals surface area contributed by atoms with Gasteiger partial charge in [0.05, 0.1) is 5.69 Å². The van der Waals surface area contributed by atoms with Gasteiger partial charge >= 0.3 is 5.97 Å². The lowest BCUT2D eigenvalue weighted by atomic mass is 10.2. The zero-order valence-electron chi connectivity index (χ0n) is 12.2. The molecule has 0 spiro atoms. The zero-order chi connectivity index (χ0) is 17.1. The average Bonchev–Trinajstić information content (AvgIpc) is 3.00. The lowest BCUT2D eigenvalue weighted by molar-refractivity contribution is -0.119. The molecule has 0 atom stereocenters. The highest BCUT2D eigenvalue weighted by Crippen LogP contribution is 2.19. The summed E-state index contributed by atoms with van der Waals surface area (Å²) in [7, 11) is 0. The van der Waals surface area contributed by atoms with Gasteiger partial charge in [-0.2, -0.15) is 0 Å². The highest BCUT2D eigenvalue weighted by molar-refractivity contribution is 5.96. The van der Waals surface area contributed by atoms with E-state index in [0.717, 1.165) is 23.6 Å². The van der Waals surface area contributed by atoms with Crippen molar-refractivity contribution in [1.29, 1.82) is 0 Å². The summed E-state index contributed by atoms with van der Waals surface area (Å²) < 4.78 is 36.5. The Balaban J connectivity index is 1.61. The average molecular weight is 331 g/mol. The third-order valence-electron chi connectivity index (χ3n) is 3.16. The maximum absolute atomic E-state index is 13.4. The van der Waals surface area contributed by atoms with E-state index in [4.69, 9.17) is 9.15 Å². The third-order valence-corrected chi connectivity index (χ3v) is 3.16. The maximum atomic E-state index is 13.4. The van der Waals surface area contributed by atoms with Gasteiger partial charge in [-0.15, -0.1) is 0 Å². The van der Waals surface area contributed by atoms with Gasteiger partial charge in [0, 0.05) is 11.5 Å². The van der Waals surface area contributed by atoms with Crippen molar-refractivity contribution in [2.45, 2.75) is 0 Å². The van der Waals surface area contributed by atoms with Crippen molar-refractivity contribution in [2.75, 3.05) is 11.9 Å². The first-order valence-corrected chi connectivity index (χ1v) is 6.93. The number of fused-ring (bicyclic) bond motifs is 1. The first-order chi connectivity index (χ1) is 11.5. The fraction of sp³-hybridized carbons (Fsp3) is 0.0588. The highest BCUT2D eigenvalue weighted by Gasteiger charge is 2.16. The summed E-state index contributed by atoms with van der Waals surface area (Å²) in [6.07, 6.45) is 0. The molecule has 1 amide bonds. The normalized spacial score (nSPS) is 10.6. The summed E-state index contributed by atoms with van der Waals surface area (Å²) in [6, 6.07) is 11.1. The Bertz CT molecular complexity index is 887. The number of halogens is 2. The molecule has 0 unspecified atom stereocenters. The minimum atomic E-state index is -0.832. The van der Waals surface area contributed by atoms with E-state index in [1.807, 2.05) is 0 Å². The van der Waals surface area contributed by atoms with E-state index in [9.17, 15) is 18.4 Å². The topological polar surface area (TPSA) is 68.5 Å². The van der Waals surface area contributed by atoms with Crippen LogP contribution in [-0.4, -0.2) is 18.5 Å². The second kappa shape index (κ2) is 6.49. The quantitative estimate of drug-likeness (QED) is 0.743. The van der Waals surface area contributed by atoms with Crippen LogP contribution in [0.4, 0.5) is 14.5 Å². The van der Waals surface area contributed by atoms with Crippen LogP contribution in [0.15, 0.2) is 52.9 Å². The molecule has 24 heavy (non-hydrogen) atoms. The summed E-state index contributed by atoms with van der Waals surface area (Å²) in [5.41, 5.74) is 0.176. The number of carbonyl (C=O) groups excluding carboxylic acids is 2. The van der Waals surface area contributed by atoms with Crippen molar-refractivity contribution in [1.82, 2.24) is 0 Å². The van der Waals surface area contributed by atoms with Crippen LogP contribution in [0.2, 0.25) is 0 Å². The lowest BCUT2D eigenvalue weighted by Gasteiger charge is -2.06. The van der Waals surface area contributed by atoms with Gasteiger partial charge in [0.2, 0.25) is 5.76 Å². The van der Waals surface area contributed by atoms with Crippen LogP contribution in [-0.2, 0) is 9.53 Å². The molecule has 0 aliphatic heterocycles. The van der Waals surface area contributed by atoms with Gasteiger partial charge in [-0.3, -0.25) is 4.79 Å². The number of rotatable bonds is 4. The standard InChI is InChI=1S/C17H11F2NO4/c18-11-5-6-12(19)13(8-11)20-16(21)9-23-17(22)15-7-10-3-1-2-4-14(10)24-15/h1-8H,9H2,(H,20,21). The van der Waals surface area contributed by atoms with Crippen LogP contribution < -0.4 is 5.32 Å². The van der Waals surface area contributed by atoms with E-state index in [1.165, 1.54) is 6.07 Å². The molecule has 7 heteroatoms. The Hall–Kier alpha value is -3.22. The number of esters is 1. The predicted octanol–water partition coefficient (Wildman–Crippen LogP) is 3.51. The summed E-state index contributed by atoms with van der Waals surface area (Å²) in [4.78, 5) is 23.5. The molecule has 0 aliphatic carbocycles. The molecule has 0 fully saturated rings. The Morgan fingerprint density at radius 2 is 1.88 bits per heavy atom. The molecule has 0 saturated heterocycles. The number of anilines is 1. The number of ether oxygens (including phenoxy) is 1. The SMILES string of the molecule is O=C(COC(=O)c1cc2ccccc2o1)Nc1cc(F)ccc1F. The predicted molar refractivity (Wildman–Crippen MR) is 81.5 cm³/mol. The molecule has 1 N–H and O–H groups in total. The molecule has 3 rings (SSSR count). The third kappa shape index (κ3) is 3.40. The second-order valence-electron chi connectivity index (χ2n) is 4.90. The van der Waals surface area contributed by atoms with Crippen molar-refractivity contribution < 1.29 is 27.5 Å². The zero-order valence-corrected chi connectivity index (χ0v) is 12.2. The van der Waals surface area contributed by atoms with Crippen molar-refractivity contribution in [3.05, 3.63) is 65.9 Å². The Kier molecular flexibility index (Phi) is 4.24. The molecule has 0 bridgehead atoms. The molecule has 122 valence electrons. The van der Waals surface area contributed by atoms with Gasteiger partial charge in [-0.1, -0.05) is 18.2 Å². The van der Waals surface area contributed by atoms with Crippen molar-refractivity contribution >= 4 is 28.5 Å². The number of hydrogen-bond acceptors (Lipinski definition) is 4. The van der Waals surface area contributed by atoms with E-state index < -0.39 is 30.1 Å². The largest absolute Gasteiger partial charge is 0.450 e. The number of nitrogens with one attached hydrogen (secondary N) is 1. The number of furan rings is 1. The number of amides is 1. The Morgan fingerprint density at radius 1 is 1.08 bits per heavy atom. The van der Waals surface area contributed by atoms with Crippen LogP contribution >= 0.6 is 0 Å². The lowest BCUT2D eigenvalue weighted by Crippen LogP contribution is -2.21. The fourth-order valence-corrected chi connectivity index (χ4v) is 2.06. The van der Waals surface area contributed by atoms with Crippen LogP contribution in [0, 0.1) is 11.6 Å². The Labute approximate surface area is 134 Å². The number of benzene rings is 2. The van der Waals surface area contributed by atoms with Crippen molar-refractivity contribution in [3.8, 4) is 0 Å². The minimum absolute atomic E-state index is 0.0547. The van der Waals surface area contributed by atoms with Gasteiger partial charge < -0.3 is 14.5 Å². The van der Waals surface area contributed by atoms with E-state index in [1.54, 1.807) is 24.3 Å².